The molecule has 4 rings (SSSR count). The molecule has 0 radical (unpaired) electrons. The van der Waals surface area contributed by atoms with Gasteiger partial charge in [-0.3, -0.25) is 19.5 Å². The van der Waals surface area contributed by atoms with Crippen molar-refractivity contribution in [2.24, 2.45) is 0 Å². The van der Waals surface area contributed by atoms with Crippen LogP contribution >= 0.6 is 0 Å². The van der Waals surface area contributed by atoms with Gasteiger partial charge in [0, 0.05) is 58.0 Å². The Hall–Kier alpha value is -2.22. The second kappa shape index (κ2) is 8.43. The van der Waals surface area contributed by atoms with Crippen molar-refractivity contribution in [2.75, 3.05) is 32.7 Å². The van der Waals surface area contributed by atoms with Crippen molar-refractivity contribution in [2.45, 2.75) is 57.2 Å². The van der Waals surface area contributed by atoms with Crippen molar-refractivity contribution >= 4 is 11.8 Å². The molecule has 1 aliphatic carbocycles. The molecule has 3 fully saturated rings. The third-order valence-corrected chi connectivity index (χ3v) is 6.21. The van der Waals surface area contributed by atoms with E-state index in [1.165, 1.54) is 26.2 Å². The van der Waals surface area contributed by atoms with E-state index < -0.39 is 6.04 Å². The van der Waals surface area contributed by atoms with Crippen LogP contribution in [0.25, 0.3) is 0 Å². The second-order valence-electron chi connectivity index (χ2n) is 8.01. The first kappa shape index (κ1) is 19.1. The maximum Gasteiger partial charge on any atom is 0.245 e. The molecule has 0 unspecified atom stereocenters. The molecule has 28 heavy (non-hydrogen) atoms. The summed E-state index contributed by atoms with van der Waals surface area (Å²) in [5, 5.41) is 0. The van der Waals surface area contributed by atoms with Crippen LogP contribution in [0.2, 0.25) is 0 Å². The zero-order valence-corrected chi connectivity index (χ0v) is 16.5. The molecule has 3 heterocycles. The number of amides is 2. The minimum Gasteiger partial charge on any atom is -0.471 e. The van der Waals surface area contributed by atoms with Crippen LogP contribution in [0.1, 0.15) is 39.0 Å². The van der Waals surface area contributed by atoms with Crippen molar-refractivity contribution in [3.8, 4) is 5.88 Å². The van der Waals surface area contributed by atoms with Crippen LogP contribution in [-0.2, 0) is 9.59 Å². The van der Waals surface area contributed by atoms with Crippen molar-refractivity contribution in [3.63, 3.8) is 0 Å². The minimum atomic E-state index is -0.450. The molecule has 2 amide bonds. The molecule has 3 aliphatic rings. The first-order chi connectivity index (χ1) is 13.6. The molecule has 2 saturated heterocycles. The lowest BCUT2D eigenvalue weighted by atomic mass is 9.91. The van der Waals surface area contributed by atoms with E-state index in [9.17, 15) is 9.59 Å². The fourth-order valence-corrected chi connectivity index (χ4v) is 4.47. The standard InChI is InChI=1S/C20H29N5O3/c1-15(26)25-14-17(28-19-13-21-6-7-22-19)12-18(25)20(27)24-9-3-8-23(10-11-24)16-4-2-5-16/h6-7,13,16-18H,2-5,8-12,14H2,1H3/t17-,18+/m0/s1. The molecular weight excluding hydrogens is 358 g/mol. The van der Waals surface area contributed by atoms with Crippen molar-refractivity contribution < 1.29 is 14.3 Å². The van der Waals surface area contributed by atoms with E-state index in [0.717, 1.165) is 32.6 Å². The van der Waals surface area contributed by atoms with Gasteiger partial charge in [-0.25, -0.2) is 4.98 Å². The number of hydrogen-bond acceptors (Lipinski definition) is 6. The molecule has 1 aromatic rings. The molecule has 1 aromatic heterocycles. The van der Waals surface area contributed by atoms with Crippen LogP contribution in [0.5, 0.6) is 5.88 Å². The summed E-state index contributed by atoms with van der Waals surface area (Å²) in [5.41, 5.74) is 0. The van der Waals surface area contributed by atoms with Gasteiger partial charge < -0.3 is 14.5 Å². The van der Waals surface area contributed by atoms with Crippen molar-refractivity contribution in [3.05, 3.63) is 18.6 Å². The van der Waals surface area contributed by atoms with Gasteiger partial charge in [0.25, 0.3) is 0 Å². The molecule has 0 N–H and O–H groups in total. The van der Waals surface area contributed by atoms with E-state index in [0.29, 0.717) is 24.9 Å². The maximum atomic E-state index is 13.3. The lowest BCUT2D eigenvalue weighted by Gasteiger charge is -2.36. The summed E-state index contributed by atoms with van der Waals surface area (Å²) in [6, 6.07) is 0.259. The summed E-state index contributed by atoms with van der Waals surface area (Å²) >= 11 is 0. The van der Waals surface area contributed by atoms with Gasteiger partial charge in [0.1, 0.15) is 12.1 Å². The van der Waals surface area contributed by atoms with E-state index in [1.807, 2.05) is 4.90 Å². The zero-order valence-electron chi connectivity index (χ0n) is 16.5. The molecule has 8 heteroatoms. The maximum absolute atomic E-state index is 13.3. The number of rotatable bonds is 4. The predicted molar refractivity (Wildman–Crippen MR) is 103 cm³/mol. The van der Waals surface area contributed by atoms with Gasteiger partial charge in [-0.15, -0.1) is 0 Å². The topological polar surface area (TPSA) is 78.9 Å². The van der Waals surface area contributed by atoms with E-state index in [-0.39, 0.29) is 17.9 Å². The first-order valence-electron chi connectivity index (χ1n) is 10.3. The Morgan fingerprint density at radius 3 is 2.64 bits per heavy atom. The van der Waals surface area contributed by atoms with Crippen LogP contribution in [0.4, 0.5) is 0 Å². The summed E-state index contributed by atoms with van der Waals surface area (Å²) < 4.78 is 5.87. The molecule has 2 aliphatic heterocycles. The quantitative estimate of drug-likeness (QED) is 0.765. The number of ether oxygens (including phenoxy) is 1. The van der Waals surface area contributed by atoms with Crippen LogP contribution in [-0.4, -0.2) is 87.4 Å². The van der Waals surface area contributed by atoms with Crippen LogP contribution in [0, 0.1) is 0 Å². The Morgan fingerprint density at radius 1 is 1.11 bits per heavy atom. The monoisotopic (exact) mass is 387 g/mol. The second-order valence-corrected chi connectivity index (χ2v) is 8.01. The van der Waals surface area contributed by atoms with Gasteiger partial charge in [0.2, 0.25) is 17.7 Å². The summed E-state index contributed by atoms with van der Waals surface area (Å²) in [4.78, 5) is 39.7. The lowest BCUT2D eigenvalue weighted by molar-refractivity contribution is -0.142. The predicted octanol–water partition coefficient (Wildman–Crippen LogP) is 0.932. The van der Waals surface area contributed by atoms with Gasteiger partial charge in [0.05, 0.1) is 12.7 Å². The highest BCUT2D eigenvalue weighted by molar-refractivity contribution is 5.87. The van der Waals surface area contributed by atoms with E-state index >= 15 is 0 Å². The van der Waals surface area contributed by atoms with Crippen LogP contribution in [0.15, 0.2) is 18.6 Å². The first-order valence-corrected chi connectivity index (χ1v) is 10.3. The van der Waals surface area contributed by atoms with E-state index in [4.69, 9.17) is 4.74 Å². The number of nitrogens with zero attached hydrogens (tertiary/aromatic N) is 5. The molecule has 1 saturated carbocycles. The fourth-order valence-electron chi connectivity index (χ4n) is 4.47. The highest BCUT2D eigenvalue weighted by atomic mass is 16.5. The largest absolute Gasteiger partial charge is 0.471 e. The summed E-state index contributed by atoms with van der Waals surface area (Å²) in [5.74, 6) is 0.389. The highest BCUT2D eigenvalue weighted by Gasteiger charge is 2.42. The van der Waals surface area contributed by atoms with E-state index in [1.54, 1.807) is 23.5 Å². The summed E-state index contributed by atoms with van der Waals surface area (Å²) in [6.07, 6.45) is 9.86. The van der Waals surface area contributed by atoms with Gasteiger partial charge in [-0.05, 0) is 19.3 Å². The Bertz CT molecular complexity index is 696. The van der Waals surface area contributed by atoms with Crippen LogP contribution in [0.3, 0.4) is 0 Å². The van der Waals surface area contributed by atoms with Gasteiger partial charge in [-0.2, -0.15) is 0 Å². The molecule has 0 aromatic carbocycles. The molecule has 0 spiro atoms. The van der Waals surface area contributed by atoms with Gasteiger partial charge in [-0.1, -0.05) is 6.42 Å². The molecule has 152 valence electrons. The van der Waals surface area contributed by atoms with Gasteiger partial charge in [0.15, 0.2) is 0 Å². The number of likely N-dealkylation sites (tertiary alicyclic amines) is 1. The average Bonchev–Trinajstić information content (AvgIpc) is 2.92. The third-order valence-electron chi connectivity index (χ3n) is 6.21. The summed E-state index contributed by atoms with van der Waals surface area (Å²) in [7, 11) is 0. The van der Waals surface area contributed by atoms with Crippen LogP contribution < -0.4 is 4.74 Å². The molecular formula is C20H29N5O3. The molecule has 0 bridgehead atoms. The Balaban J connectivity index is 1.39. The normalized spacial score (nSPS) is 26.6. The Morgan fingerprint density at radius 2 is 1.96 bits per heavy atom. The van der Waals surface area contributed by atoms with Crippen molar-refractivity contribution in [1.82, 2.24) is 24.7 Å². The summed E-state index contributed by atoms with van der Waals surface area (Å²) in [6.45, 7) is 5.43. The molecule has 2 atom stereocenters. The number of carbonyl (C=O) groups excluding carboxylic acids is 2. The highest BCUT2D eigenvalue weighted by Crippen LogP contribution is 2.27. The zero-order chi connectivity index (χ0) is 19.5. The third kappa shape index (κ3) is 4.11. The smallest absolute Gasteiger partial charge is 0.245 e. The Kier molecular flexibility index (Phi) is 5.75. The molecule has 8 nitrogen and oxygen atoms in total. The number of carbonyl (C=O) groups is 2. The Labute approximate surface area is 165 Å². The number of hydrogen-bond donors (Lipinski definition) is 0. The average molecular weight is 387 g/mol. The SMILES string of the molecule is CC(=O)N1C[C@@H](Oc2cnccn2)C[C@@H]1C(=O)N1CCCN(C2CCC2)CC1. The van der Waals surface area contributed by atoms with Gasteiger partial charge >= 0.3 is 0 Å². The lowest BCUT2D eigenvalue weighted by Crippen LogP contribution is -2.48. The minimum absolute atomic E-state index is 0.0518. The fraction of sp³-hybridized carbons (Fsp3) is 0.700. The van der Waals surface area contributed by atoms with Crippen molar-refractivity contribution in [1.29, 1.82) is 0 Å². The number of aromatic nitrogens is 2. The van der Waals surface area contributed by atoms with E-state index in [2.05, 4.69) is 14.9 Å².